The molecule has 0 radical (unpaired) electrons. The van der Waals surface area contributed by atoms with Gasteiger partial charge in [0.2, 0.25) is 5.95 Å². The highest BCUT2D eigenvalue weighted by molar-refractivity contribution is 7.27. The van der Waals surface area contributed by atoms with Crippen LogP contribution >= 0.6 is 34.0 Å². The second kappa shape index (κ2) is 9.96. The number of para-hydroxylation sites is 1. The van der Waals surface area contributed by atoms with E-state index in [-0.39, 0.29) is 0 Å². The van der Waals surface area contributed by atoms with E-state index in [1.165, 1.54) is 72.0 Å². The summed E-state index contributed by atoms with van der Waals surface area (Å²) in [7, 11) is 0. The Bertz CT molecular complexity index is 3400. The number of fused-ring (bicyclic) bond motifs is 14. The first-order valence-corrected chi connectivity index (χ1v) is 19.1. The van der Waals surface area contributed by atoms with Crippen LogP contribution in [0.15, 0.2) is 140 Å². The molecule has 50 heavy (non-hydrogen) atoms. The summed E-state index contributed by atoms with van der Waals surface area (Å²) in [6.07, 6.45) is 0. The highest BCUT2D eigenvalue weighted by Crippen LogP contribution is 2.44. The molecule has 0 atom stereocenters. The molecule has 7 aromatic carbocycles. The van der Waals surface area contributed by atoms with Crippen molar-refractivity contribution in [3.63, 3.8) is 0 Å². The van der Waals surface area contributed by atoms with Gasteiger partial charge in [0.05, 0.1) is 16.7 Å². The lowest BCUT2D eigenvalue weighted by Gasteiger charge is -2.11. The van der Waals surface area contributed by atoms with Crippen molar-refractivity contribution in [3.05, 3.63) is 140 Å². The van der Waals surface area contributed by atoms with Gasteiger partial charge in [-0.3, -0.25) is 4.57 Å². The van der Waals surface area contributed by atoms with Crippen LogP contribution in [0.25, 0.3) is 110 Å². The van der Waals surface area contributed by atoms with Crippen LogP contribution in [-0.4, -0.2) is 14.5 Å². The minimum Gasteiger partial charge on any atom is -0.278 e. The van der Waals surface area contributed by atoms with E-state index in [0.29, 0.717) is 5.95 Å². The van der Waals surface area contributed by atoms with Gasteiger partial charge in [0.25, 0.3) is 0 Å². The third-order valence-electron chi connectivity index (χ3n) is 10.2. The van der Waals surface area contributed by atoms with Crippen molar-refractivity contribution in [2.45, 2.75) is 0 Å². The average Bonchev–Trinajstić information content (AvgIpc) is 3.92. The molecule has 232 valence electrons. The molecule has 0 saturated heterocycles. The largest absolute Gasteiger partial charge is 0.278 e. The maximum atomic E-state index is 5.52. The van der Waals surface area contributed by atoms with Crippen LogP contribution in [0.5, 0.6) is 0 Å². The molecule has 0 fully saturated rings. The lowest BCUT2D eigenvalue weighted by atomic mass is 10.0. The SMILES string of the molecule is c1ccc2c(c1)sc1cc(-c3nc(-n4c5ccccc5c5cc6c(ccc7c8ccccc8sc67)cc54)nc4sc5ccccc5c34)ccc12. The van der Waals surface area contributed by atoms with Gasteiger partial charge in [0, 0.05) is 77.5 Å². The van der Waals surface area contributed by atoms with Gasteiger partial charge in [-0.1, -0.05) is 97.1 Å². The van der Waals surface area contributed by atoms with Crippen molar-refractivity contribution in [2.24, 2.45) is 0 Å². The van der Waals surface area contributed by atoms with E-state index >= 15 is 0 Å². The molecular weight excluding hydrogens is 667 g/mol. The van der Waals surface area contributed by atoms with Crippen LogP contribution in [0, 0.1) is 0 Å². The molecule has 0 aliphatic rings. The van der Waals surface area contributed by atoms with Crippen LogP contribution in [0.1, 0.15) is 0 Å². The van der Waals surface area contributed by atoms with Crippen LogP contribution in [0.2, 0.25) is 0 Å². The molecule has 0 N–H and O–H groups in total. The standard InChI is InChI=1S/C44H23N3S3/c1-5-13-34-26(9-1)33-23-32-24(17-20-30-28-11-3-7-15-37(28)49-42(30)32)21-35(33)47(34)44-45-41(40-31-12-4-8-16-38(31)50-43(40)46-44)25-18-19-29-27-10-2-6-14-36(27)48-39(29)22-25/h1-23H. The first-order valence-electron chi connectivity index (χ1n) is 16.7. The summed E-state index contributed by atoms with van der Waals surface area (Å²) < 4.78 is 8.74. The van der Waals surface area contributed by atoms with E-state index in [2.05, 4.69) is 144 Å². The second-order valence-corrected chi connectivity index (χ2v) is 16.1. The minimum atomic E-state index is 0.698. The summed E-state index contributed by atoms with van der Waals surface area (Å²) in [5.74, 6) is 0.698. The van der Waals surface area contributed by atoms with Gasteiger partial charge < -0.3 is 0 Å². The maximum Gasteiger partial charge on any atom is 0.236 e. The van der Waals surface area contributed by atoms with Crippen LogP contribution in [-0.2, 0) is 0 Å². The van der Waals surface area contributed by atoms with Crippen LogP contribution in [0.4, 0.5) is 0 Å². The zero-order chi connectivity index (χ0) is 32.5. The molecule has 6 heteroatoms. The maximum absolute atomic E-state index is 5.52. The van der Waals surface area contributed by atoms with Crippen molar-refractivity contribution >= 4 is 127 Å². The Kier molecular flexibility index (Phi) is 5.42. The van der Waals surface area contributed by atoms with E-state index in [0.717, 1.165) is 32.5 Å². The lowest BCUT2D eigenvalue weighted by Crippen LogP contribution is -2.02. The highest BCUT2D eigenvalue weighted by atomic mass is 32.1. The molecule has 0 aliphatic heterocycles. The van der Waals surface area contributed by atoms with Crippen LogP contribution < -0.4 is 0 Å². The predicted octanol–water partition coefficient (Wildman–Crippen LogP) is 13.5. The molecule has 12 aromatic rings. The van der Waals surface area contributed by atoms with E-state index in [4.69, 9.17) is 9.97 Å². The Balaban J connectivity index is 1.17. The van der Waals surface area contributed by atoms with Crippen molar-refractivity contribution in [3.8, 4) is 17.2 Å². The zero-order valence-electron chi connectivity index (χ0n) is 26.3. The molecule has 0 unspecified atom stereocenters. The fourth-order valence-corrected chi connectivity index (χ4v) is 11.4. The van der Waals surface area contributed by atoms with Crippen molar-refractivity contribution in [1.29, 1.82) is 0 Å². The molecule has 5 heterocycles. The molecule has 0 aliphatic carbocycles. The molecule has 0 saturated carbocycles. The van der Waals surface area contributed by atoms with E-state index in [1.807, 2.05) is 22.7 Å². The number of thiophene rings is 3. The molecule has 12 rings (SSSR count). The van der Waals surface area contributed by atoms with Gasteiger partial charge in [-0.25, -0.2) is 9.97 Å². The van der Waals surface area contributed by atoms with Crippen molar-refractivity contribution in [1.82, 2.24) is 14.5 Å². The summed E-state index contributed by atoms with van der Waals surface area (Å²) in [6, 6.07) is 50.9. The molecule has 0 bridgehead atoms. The predicted molar refractivity (Wildman–Crippen MR) is 218 cm³/mol. The van der Waals surface area contributed by atoms with Gasteiger partial charge in [-0.15, -0.1) is 34.0 Å². The van der Waals surface area contributed by atoms with E-state index < -0.39 is 0 Å². The Morgan fingerprint density at radius 2 is 1.08 bits per heavy atom. The topological polar surface area (TPSA) is 30.7 Å². The minimum absolute atomic E-state index is 0.698. The first-order chi connectivity index (χ1) is 24.8. The summed E-state index contributed by atoms with van der Waals surface area (Å²) in [4.78, 5) is 11.9. The summed E-state index contributed by atoms with van der Waals surface area (Å²) in [5.41, 5.74) is 4.31. The second-order valence-electron chi connectivity index (χ2n) is 12.9. The summed E-state index contributed by atoms with van der Waals surface area (Å²) in [5, 5.41) is 12.5. The monoisotopic (exact) mass is 689 g/mol. The smallest absolute Gasteiger partial charge is 0.236 e. The van der Waals surface area contributed by atoms with E-state index in [9.17, 15) is 0 Å². The molecule has 0 amide bonds. The Morgan fingerprint density at radius 3 is 1.92 bits per heavy atom. The fourth-order valence-electron chi connectivity index (χ4n) is 7.98. The van der Waals surface area contributed by atoms with E-state index in [1.54, 1.807) is 11.3 Å². The number of hydrogen-bond donors (Lipinski definition) is 0. The number of aromatic nitrogens is 3. The lowest BCUT2D eigenvalue weighted by molar-refractivity contribution is 1.02. The quantitative estimate of drug-likeness (QED) is 0.181. The van der Waals surface area contributed by atoms with Gasteiger partial charge in [0.1, 0.15) is 4.83 Å². The summed E-state index contributed by atoms with van der Waals surface area (Å²) >= 11 is 5.47. The molecule has 0 spiro atoms. The Morgan fingerprint density at radius 1 is 0.420 bits per heavy atom. The van der Waals surface area contributed by atoms with Gasteiger partial charge >= 0.3 is 0 Å². The number of nitrogens with zero attached hydrogens (tertiary/aromatic N) is 3. The number of rotatable bonds is 2. The van der Waals surface area contributed by atoms with Gasteiger partial charge in [0.15, 0.2) is 0 Å². The normalized spacial score (nSPS) is 12.4. The zero-order valence-corrected chi connectivity index (χ0v) is 28.8. The molecule has 3 nitrogen and oxygen atoms in total. The third kappa shape index (κ3) is 3.67. The molecule has 5 aromatic heterocycles. The van der Waals surface area contributed by atoms with Gasteiger partial charge in [-0.05, 0) is 47.9 Å². The fraction of sp³-hybridized carbons (Fsp3) is 0. The number of benzene rings is 7. The third-order valence-corrected chi connectivity index (χ3v) is 13.6. The highest BCUT2D eigenvalue weighted by Gasteiger charge is 2.21. The average molecular weight is 690 g/mol. The Hall–Kier alpha value is -5.66. The first kappa shape index (κ1) is 27.2. The van der Waals surface area contributed by atoms with Crippen molar-refractivity contribution < 1.29 is 0 Å². The number of hydrogen-bond acceptors (Lipinski definition) is 5. The molecular formula is C44H23N3S3. The Labute approximate surface area is 296 Å². The van der Waals surface area contributed by atoms with Crippen molar-refractivity contribution in [2.75, 3.05) is 0 Å². The summed E-state index contributed by atoms with van der Waals surface area (Å²) in [6.45, 7) is 0. The van der Waals surface area contributed by atoms with Crippen LogP contribution in [0.3, 0.4) is 0 Å². The van der Waals surface area contributed by atoms with Gasteiger partial charge in [-0.2, -0.15) is 0 Å².